The number of thiocarbonyl (C=S) groups is 1. The molecule has 5 heteroatoms. The molecule has 25 heavy (non-hydrogen) atoms. The van der Waals surface area contributed by atoms with Gasteiger partial charge in [0.25, 0.3) is 0 Å². The van der Waals surface area contributed by atoms with E-state index < -0.39 is 0 Å². The second-order valence-electron chi connectivity index (χ2n) is 7.38. The number of fused-ring (bicyclic) bond motifs is 3. The first-order valence-corrected chi connectivity index (χ1v) is 10.2. The Labute approximate surface area is 158 Å². The van der Waals surface area contributed by atoms with E-state index in [1.165, 1.54) is 45.6 Å². The molecule has 1 aromatic rings. The lowest BCUT2D eigenvalue weighted by Crippen LogP contribution is -2.58. The molecule has 138 valence electrons. The fourth-order valence-electron chi connectivity index (χ4n) is 4.39. The Morgan fingerprint density at radius 3 is 2.64 bits per heavy atom. The highest BCUT2D eigenvalue weighted by atomic mass is 32.1. The largest absolute Gasteiger partial charge is 0.361 e. The fraction of sp³-hybridized carbons (Fsp3) is 0.650. The number of rotatable bonds is 7. The van der Waals surface area contributed by atoms with Crippen LogP contribution in [0.4, 0.5) is 5.69 Å². The predicted octanol–water partition coefficient (Wildman–Crippen LogP) is 3.03. The zero-order chi connectivity index (χ0) is 17.6. The molecule has 0 amide bonds. The minimum atomic E-state index is 0.627. The molecule has 4 rings (SSSR count). The predicted molar refractivity (Wildman–Crippen MR) is 110 cm³/mol. The Kier molecular flexibility index (Phi) is 6.68. The first kappa shape index (κ1) is 18.6. The van der Waals surface area contributed by atoms with Gasteiger partial charge in [-0.25, -0.2) is 0 Å². The number of hydrogen-bond acceptors (Lipinski definition) is 3. The van der Waals surface area contributed by atoms with Crippen LogP contribution in [0.15, 0.2) is 30.3 Å². The minimum absolute atomic E-state index is 0.627. The fourth-order valence-corrected chi connectivity index (χ4v) is 4.59. The third kappa shape index (κ3) is 4.93. The number of piperidine rings is 3. The second-order valence-corrected chi connectivity index (χ2v) is 7.79. The van der Waals surface area contributed by atoms with Crippen molar-refractivity contribution in [3.63, 3.8) is 0 Å². The Hall–Kier alpha value is -1.17. The summed E-state index contributed by atoms with van der Waals surface area (Å²) in [6.07, 6.45) is 2.68. The summed E-state index contributed by atoms with van der Waals surface area (Å²) in [6.45, 7) is 11.6. The molecule has 3 aliphatic rings. The van der Waals surface area contributed by atoms with Gasteiger partial charge in [-0.3, -0.25) is 4.90 Å². The third-order valence-electron chi connectivity index (χ3n) is 5.93. The van der Waals surface area contributed by atoms with Gasteiger partial charge in [0.05, 0.1) is 0 Å². The van der Waals surface area contributed by atoms with Crippen molar-refractivity contribution >= 4 is 23.0 Å². The van der Waals surface area contributed by atoms with Gasteiger partial charge in [0.2, 0.25) is 0 Å². The van der Waals surface area contributed by atoms with E-state index in [9.17, 15) is 0 Å². The molecular weight excluding hydrogens is 328 g/mol. The average molecular weight is 361 g/mol. The minimum Gasteiger partial charge on any atom is -0.361 e. The summed E-state index contributed by atoms with van der Waals surface area (Å²) in [4.78, 5) is 5.27. The molecule has 0 aliphatic carbocycles. The van der Waals surface area contributed by atoms with Crippen molar-refractivity contribution in [1.29, 1.82) is 0 Å². The van der Waals surface area contributed by atoms with Crippen LogP contribution in [0.1, 0.15) is 26.7 Å². The Morgan fingerprint density at radius 2 is 2.00 bits per heavy atom. The summed E-state index contributed by atoms with van der Waals surface area (Å²) in [5.41, 5.74) is 1.05. The molecule has 0 spiro atoms. The SMILES string of the molecule is CCN(CC)C[C@H]1CN2CC[C@H]1C[C@@H]2CNC(=S)Nc1ccccc1. The summed E-state index contributed by atoms with van der Waals surface area (Å²) in [5, 5.41) is 7.43. The molecule has 4 nitrogen and oxygen atoms in total. The number of para-hydroxylation sites is 1. The van der Waals surface area contributed by atoms with E-state index >= 15 is 0 Å². The van der Waals surface area contributed by atoms with Crippen LogP contribution in [0.2, 0.25) is 0 Å². The standard InChI is InChI=1S/C20H32N4S/c1-3-23(4-2)14-17-15-24-11-10-16(17)12-19(24)13-21-20(25)22-18-8-6-5-7-9-18/h5-9,16-17,19H,3-4,10-15H2,1-2H3,(H2,21,22,25)/t16-,17-,19+/m0/s1. The molecule has 3 saturated heterocycles. The van der Waals surface area contributed by atoms with Crippen LogP contribution >= 0.6 is 12.2 Å². The van der Waals surface area contributed by atoms with Gasteiger partial charge >= 0.3 is 0 Å². The first-order chi connectivity index (χ1) is 12.2. The van der Waals surface area contributed by atoms with Gasteiger partial charge < -0.3 is 15.5 Å². The smallest absolute Gasteiger partial charge is 0.170 e. The molecule has 3 heterocycles. The average Bonchev–Trinajstić information content (AvgIpc) is 2.66. The van der Waals surface area contributed by atoms with Gasteiger partial charge in [-0.05, 0) is 68.7 Å². The summed E-state index contributed by atoms with van der Waals surface area (Å²) in [7, 11) is 0. The first-order valence-electron chi connectivity index (χ1n) is 9.75. The van der Waals surface area contributed by atoms with Crippen molar-refractivity contribution < 1.29 is 0 Å². The van der Waals surface area contributed by atoms with E-state index in [4.69, 9.17) is 12.2 Å². The maximum absolute atomic E-state index is 5.45. The molecule has 0 radical (unpaired) electrons. The maximum Gasteiger partial charge on any atom is 0.170 e. The molecule has 0 saturated carbocycles. The second kappa shape index (κ2) is 8.97. The molecule has 0 aromatic heterocycles. The lowest BCUT2D eigenvalue weighted by Gasteiger charge is -2.51. The van der Waals surface area contributed by atoms with E-state index in [0.29, 0.717) is 6.04 Å². The van der Waals surface area contributed by atoms with E-state index in [1.54, 1.807) is 0 Å². The van der Waals surface area contributed by atoms with Crippen LogP contribution in [0, 0.1) is 11.8 Å². The van der Waals surface area contributed by atoms with Crippen LogP contribution in [0.25, 0.3) is 0 Å². The van der Waals surface area contributed by atoms with Gasteiger partial charge in [-0.15, -0.1) is 0 Å². The van der Waals surface area contributed by atoms with Crippen LogP contribution in [-0.4, -0.2) is 60.2 Å². The molecule has 1 aromatic carbocycles. The number of anilines is 1. The molecule has 2 N–H and O–H groups in total. The van der Waals surface area contributed by atoms with Crippen molar-refractivity contribution in [3.8, 4) is 0 Å². The van der Waals surface area contributed by atoms with Crippen molar-refractivity contribution in [2.45, 2.75) is 32.7 Å². The lowest BCUT2D eigenvalue weighted by molar-refractivity contribution is -0.00933. The number of hydrogen-bond donors (Lipinski definition) is 2. The Morgan fingerprint density at radius 1 is 1.24 bits per heavy atom. The van der Waals surface area contributed by atoms with Crippen LogP contribution < -0.4 is 10.6 Å². The number of nitrogens with zero attached hydrogens (tertiary/aromatic N) is 2. The quantitative estimate of drug-likeness (QED) is 0.730. The molecule has 3 fully saturated rings. The normalized spacial score (nSPS) is 28.1. The molecule has 1 unspecified atom stereocenters. The van der Waals surface area contributed by atoms with E-state index in [2.05, 4.69) is 34.3 Å². The Bertz CT molecular complexity index is 546. The maximum atomic E-state index is 5.45. The summed E-state index contributed by atoms with van der Waals surface area (Å²) in [6, 6.07) is 10.8. The highest BCUT2D eigenvalue weighted by Gasteiger charge is 2.40. The molecular formula is C20H32N4S. The van der Waals surface area contributed by atoms with Crippen molar-refractivity contribution in [1.82, 2.24) is 15.1 Å². The monoisotopic (exact) mass is 360 g/mol. The van der Waals surface area contributed by atoms with Crippen LogP contribution in [0.5, 0.6) is 0 Å². The molecule has 2 bridgehead atoms. The zero-order valence-electron chi connectivity index (χ0n) is 15.6. The number of nitrogens with one attached hydrogen (secondary N) is 2. The Balaban J connectivity index is 1.45. The summed E-state index contributed by atoms with van der Waals surface area (Å²) >= 11 is 5.45. The van der Waals surface area contributed by atoms with E-state index in [1.807, 2.05) is 30.3 Å². The molecule has 4 atom stereocenters. The highest BCUT2D eigenvalue weighted by Crippen LogP contribution is 2.36. The highest BCUT2D eigenvalue weighted by molar-refractivity contribution is 7.80. The van der Waals surface area contributed by atoms with Crippen LogP contribution in [0.3, 0.4) is 0 Å². The molecule has 3 aliphatic heterocycles. The van der Waals surface area contributed by atoms with Crippen molar-refractivity contribution in [2.24, 2.45) is 11.8 Å². The lowest BCUT2D eigenvalue weighted by atomic mass is 9.75. The number of benzene rings is 1. The topological polar surface area (TPSA) is 30.5 Å². The third-order valence-corrected chi connectivity index (χ3v) is 6.18. The van der Waals surface area contributed by atoms with Crippen LogP contribution in [-0.2, 0) is 0 Å². The van der Waals surface area contributed by atoms with Gasteiger partial charge in [0.1, 0.15) is 0 Å². The van der Waals surface area contributed by atoms with E-state index in [0.717, 1.165) is 29.2 Å². The van der Waals surface area contributed by atoms with Gasteiger partial charge in [0.15, 0.2) is 5.11 Å². The van der Waals surface area contributed by atoms with Crippen molar-refractivity contribution in [3.05, 3.63) is 30.3 Å². The van der Waals surface area contributed by atoms with Gasteiger partial charge in [-0.2, -0.15) is 0 Å². The summed E-state index contributed by atoms with van der Waals surface area (Å²) < 4.78 is 0. The summed E-state index contributed by atoms with van der Waals surface area (Å²) in [5.74, 6) is 1.73. The van der Waals surface area contributed by atoms with Crippen molar-refractivity contribution in [2.75, 3.05) is 44.6 Å². The zero-order valence-corrected chi connectivity index (χ0v) is 16.4. The van der Waals surface area contributed by atoms with Gasteiger partial charge in [0, 0.05) is 31.4 Å². The van der Waals surface area contributed by atoms with E-state index in [-0.39, 0.29) is 0 Å². The van der Waals surface area contributed by atoms with Gasteiger partial charge in [-0.1, -0.05) is 32.0 Å².